The van der Waals surface area contributed by atoms with E-state index < -0.39 is 0 Å². The van der Waals surface area contributed by atoms with Crippen LogP contribution in [-0.4, -0.2) is 11.5 Å². The first-order chi connectivity index (χ1) is 7.93. The van der Waals surface area contributed by atoms with Crippen LogP contribution in [0.3, 0.4) is 0 Å². The third-order valence-corrected chi connectivity index (χ3v) is 3.11. The van der Waals surface area contributed by atoms with E-state index in [4.69, 9.17) is 0 Å². The van der Waals surface area contributed by atoms with Crippen LogP contribution in [0.1, 0.15) is 11.1 Å². The molecule has 0 atom stereocenters. The monoisotopic (exact) mass is 210 g/mol. The average Bonchev–Trinajstić information content (AvgIpc) is 2.39. The van der Waals surface area contributed by atoms with Gasteiger partial charge in [-0.3, -0.25) is 4.98 Å². The lowest BCUT2D eigenvalue weighted by Gasteiger charge is -2.17. The molecular weight excluding hydrogens is 196 g/mol. The van der Waals surface area contributed by atoms with E-state index >= 15 is 0 Å². The second kappa shape index (κ2) is 4.06. The largest absolute Gasteiger partial charge is 0.312 e. The van der Waals surface area contributed by atoms with Crippen molar-refractivity contribution in [1.82, 2.24) is 10.3 Å². The summed E-state index contributed by atoms with van der Waals surface area (Å²) in [6, 6.07) is 10.9. The molecule has 0 amide bonds. The van der Waals surface area contributed by atoms with Crippen LogP contribution in [0.25, 0.3) is 11.1 Å². The Bertz CT molecular complexity index is 491. The number of fused-ring (bicyclic) bond motifs is 1. The van der Waals surface area contributed by atoms with Gasteiger partial charge in [0.05, 0.1) is 0 Å². The maximum absolute atomic E-state index is 4.05. The molecule has 1 aromatic heterocycles. The lowest BCUT2D eigenvalue weighted by Crippen LogP contribution is -2.23. The minimum Gasteiger partial charge on any atom is -0.312 e. The molecule has 3 rings (SSSR count). The highest BCUT2D eigenvalue weighted by atomic mass is 14.9. The summed E-state index contributed by atoms with van der Waals surface area (Å²) in [5, 5.41) is 3.41. The molecule has 80 valence electrons. The summed E-state index contributed by atoms with van der Waals surface area (Å²) in [7, 11) is 0. The van der Waals surface area contributed by atoms with Crippen molar-refractivity contribution in [3.05, 3.63) is 53.9 Å². The predicted molar refractivity (Wildman–Crippen MR) is 65.1 cm³/mol. The molecule has 16 heavy (non-hydrogen) atoms. The molecule has 0 saturated carbocycles. The second-order valence-corrected chi connectivity index (χ2v) is 4.15. The number of aromatic nitrogens is 1. The van der Waals surface area contributed by atoms with Crippen molar-refractivity contribution in [2.24, 2.45) is 0 Å². The molecule has 0 unspecified atom stereocenters. The van der Waals surface area contributed by atoms with E-state index in [0.717, 1.165) is 19.5 Å². The van der Waals surface area contributed by atoms with Gasteiger partial charge >= 0.3 is 0 Å². The number of nitrogens with one attached hydrogen (secondary N) is 1. The van der Waals surface area contributed by atoms with Gasteiger partial charge in [-0.2, -0.15) is 0 Å². The zero-order valence-corrected chi connectivity index (χ0v) is 9.11. The van der Waals surface area contributed by atoms with Crippen LogP contribution in [0, 0.1) is 0 Å². The Hall–Kier alpha value is -1.67. The highest BCUT2D eigenvalue weighted by molar-refractivity contribution is 5.64. The van der Waals surface area contributed by atoms with Gasteiger partial charge in [-0.1, -0.05) is 12.1 Å². The maximum Gasteiger partial charge on any atom is 0.0273 e. The summed E-state index contributed by atoms with van der Waals surface area (Å²) in [5.41, 5.74) is 5.44. The van der Waals surface area contributed by atoms with Crippen molar-refractivity contribution in [3.63, 3.8) is 0 Å². The number of hydrogen-bond acceptors (Lipinski definition) is 2. The van der Waals surface area contributed by atoms with Crippen LogP contribution >= 0.6 is 0 Å². The smallest absolute Gasteiger partial charge is 0.0273 e. The van der Waals surface area contributed by atoms with Gasteiger partial charge in [0.15, 0.2) is 0 Å². The van der Waals surface area contributed by atoms with Crippen LogP contribution < -0.4 is 5.32 Å². The normalized spacial score (nSPS) is 14.5. The zero-order chi connectivity index (χ0) is 10.8. The van der Waals surface area contributed by atoms with Crippen molar-refractivity contribution < 1.29 is 0 Å². The predicted octanol–water partition coefficient (Wildman–Crippen LogP) is 2.39. The Labute approximate surface area is 95.3 Å². The van der Waals surface area contributed by atoms with Gasteiger partial charge in [0.2, 0.25) is 0 Å². The van der Waals surface area contributed by atoms with E-state index in [2.05, 4.69) is 40.6 Å². The molecule has 2 nitrogen and oxygen atoms in total. The van der Waals surface area contributed by atoms with Crippen LogP contribution in [0.4, 0.5) is 0 Å². The van der Waals surface area contributed by atoms with E-state index in [1.54, 1.807) is 0 Å². The first-order valence-corrected chi connectivity index (χ1v) is 5.66. The third kappa shape index (κ3) is 1.72. The highest BCUT2D eigenvalue weighted by Crippen LogP contribution is 2.23. The topological polar surface area (TPSA) is 24.9 Å². The van der Waals surface area contributed by atoms with E-state index in [1.807, 2.05) is 12.4 Å². The molecule has 0 spiro atoms. The Kier molecular flexibility index (Phi) is 2.43. The molecule has 1 aromatic carbocycles. The summed E-state index contributed by atoms with van der Waals surface area (Å²) < 4.78 is 0. The SMILES string of the molecule is c1cc(-c2ccc3c(c2)CNCC3)ccn1. The summed E-state index contributed by atoms with van der Waals surface area (Å²) >= 11 is 0. The number of nitrogens with zero attached hydrogens (tertiary/aromatic N) is 1. The molecule has 0 bridgehead atoms. The van der Waals surface area contributed by atoms with Gasteiger partial charge in [0.25, 0.3) is 0 Å². The van der Waals surface area contributed by atoms with Gasteiger partial charge in [0, 0.05) is 18.9 Å². The fraction of sp³-hybridized carbons (Fsp3) is 0.214. The lowest BCUT2D eigenvalue weighted by molar-refractivity contribution is 0.644. The Morgan fingerprint density at radius 1 is 0.938 bits per heavy atom. The highest BCUT2D eigenvalue weighted by Gasteiger charge is 2.09. The van der Waals surface area contributed by atoms with Crippen molar-refractivity contribution >= 4 is 0 Å². The molecule has 2 aromatic rings. The second-order valence-electron chi connectivity index (χ2n) is 4.15. The molecule has 0 fully saturated rings. The standard InChI is InChI=1S/C14H14N2/c1-2-13(12-3-6-15-7-4-12)9-14-10-16-8-5-11(1)14/h1-4,6-7,9,16H,5,8,10H2. The van der Waals surface area contributed by atoms with Crippen LogP contribution in [0.5, 0.6) is 0 Å². The fourth-order valence-electron chi connectivity index (χ4n) is 2.20. The number of rotatable bonds is 1. The van der Waals surface area contributed by atoms with Gasteiger partial charge in [-0.05, 0) is 53.4 Å². The van der Waals surface area contributed by atoms with Crippen LogP contribution in [0.15, 0.2) is 42.7 Å². The lowest BCUT2D eigenvalue weighted by atomic mass is 9.96. The minimum absolute atomic E-state index is 0.994. The third-order valence-electron chi connectivity index (χ3n) is 3.11. The van der Waals surface area contributed by atoms with Gasteiger partial charge in [0.1, 0.15) is 0 Å². The fourth-order valence-corrected chi connectivity index (χ4v) is 2.20. The van der Waals surface area contributed by atoms with E-state index in [9.17, 15) is 0 Å². The summed E-state index contributed by atoms with van der Waals surface area (Å²) in [6.07, 6.45) is 4.83. The van der Waals surface area contributed by atoms with Crippen molar-refractivity contribution in [1.29, 1.82) is 0 Å². The minimum atomic E-state index is 0.994. The summed E-state index contributed by atoms with van der Waals surface area (Å²) in [5.74, 6) is 0. The molecule has 0 saturated heterocycles. The van der Waals surface area contributed by atoms with Crippen molar-refractivity contribution in [3.8, 4) is 11.1 Å². The van der Waals surface area contributed by atoms with Crippen molar-refractivity contribution in [2.45, 2.75) is 13.0 Å². The van der Waals surface area contributed by atoms with Gasteiger partial charge in [-0.25, -0.2) is 0 Å². The van der Waals surface area contributed by atoms with Gasteiger partial charge < -0.3 is 5.32 Å². The van der Waals surface area contributed by atoms with E-state index in [0.29, 0.717) is 0 Å². The molecule has 1 aliphatic rings. The number of hydrogen-bond donors (Lipinski definition) is 1. The average molecular weight is 210 g/mol. The Balaban J connectivity index is 2.03. The zero-order valence-electron chi connectivity index (χ0n) is 9.11. The van der Waals surface area contributed by atoms with Gasteiger partial charge in [-0.15, -0.1) is 0 Å². The Morgan fingerprint density at radius 3 is 2.69 bits per heavy atom. The summed E-state index contributed by atoms with van der Waals surface area (Å²) in [6.45, 7) is 2.09. The molecule has 1 N–H and O–H groups in total. The Morgan fingerprint density at radius 2 is 1.81 bits per heavy atom. The van der Waals surface area contributed by atoms with Crippen LogP contribution in [-0.2, 0) is 13.0 Å². The molecular formula is C14H14N2. The number of pyridine rings is 1. The first-order valence-electron chi connectivity index (χ1n) is 5.66. The molecule has 2 heteroatoms. The molecule has 0 radical (unpaired) electrons. The number of benzene rings is 1. The molecule has 0 aliphatic carbocycles. The molecule has 1 aliphatic heterocycles. The van der Waals surface area contributed by atoms with Crippen molar-refractivity contribution in [2.75, 3.05) is 6.54 Å². The molecule has 2 heterocycles. The van der Waals surface area contributed by atoms with E-state index in [1.165, 1.54) is 22.3 Å². The maximum atomic E-state index is 4.05. The van der Waals surface area contributed by atoms with E-state index in [-0.39, 0.29) is 0 Å². The summed E-state index contributed by atoms with van der Waals surface area (Å²) in [4.78, 5) is 4.05. The quantitative estimate of drug-likeness (QED) is 0.781. The first kappa shape index (κ1) is 9.55. The van der Waals surface area contributed by atoms with Crippen LogP contribution in [0.2, 0.25) is 0 Å².